The van der Waals surface area contributed by atoms with E-state index in [1.54, 1.807) is 11.8 Å². The van der Waals surface area contributed by atoms with Crippen molar-refractivity contribution in [1.29, 1.82) is 0 Å². The predicted octanol–water partition coefficient (Wildman–Crippen LogP) is 1.94. The molecule has 3 rings (SSSR count). The molecule has 0 fully saturated rings. The van der Waals surface area contributed by atoms with Crippen molar-refractivity contribution in [3.8, 4) is 0 Å². The molecule has 2 aliphatic heterocycles. The molecular weight excluding hydrogens is 160 g/mol. The van der Waals surface area contributed by atoms with Crippen LogP contribution in [0.3, 0.4) is 0 Å². The van der Waals surface area contributed by atoms with Gasteiger partial charge in [0.15, 0.2) is 0 Å². The van der Waals surface area contributed by atoms with Gasteiger partial charge in [0.1, 0.15) is 0 Å². The molecule has 0 unspecified atom stereocenters. The Morgan fingerprint density at radius 1 is 1.45 bits per heavy atom. The molecule has 0 saturated carbocycles. The van der Waals surface area contributed by atoms with Gasteiger partial charge in [-0.15, -0.1) is 0 Å². The highest BCUT2D eigenvalue weighted by Crippen LogP contribution is 2.44. The molecule has 0 saturated heterocycles. The van der Waals surface area contributed by atoms with Gasteiger partial charge >= 0.3 is 5.97 Å². The van der Waals surface area contributed by atoms with Gasteiger partial charge in [0.2, 0.25) is 0 Å². The standard InChI is InChI=1S/C8H6O2S/c1-10-8(9)7-5-3-2-4-6(7)11-5/h2-4H,1H3. The maximum Gasteiger partial charge on any atom is 0.340 e. The van der Waals surface area contributed by atoms with E-state index in [1.807, 2.05) is 18.2 Å². The quantitative estimate of drug-likeness (QED) is 0.605. The predicted molar refractivity (Wildman–Crippen MR) is 41.9 cm³/mol. The number of hydrogen-bond donors (Lipinski definition) is 0. The van der Waals surface area contributed by atoms with Crippen molar-refractivity contribution in [2.75, 3.05) is 7.11 Å². The third-order valence-electron chi connectivity index (χ3n) is 1.60. The molecule has 11 heavy (non-hydrogen) atoms. The Kier molecular flexibility index (Phi) is 1.39. The molecule has 2 bridgehead atoms. The summed E-state index contributed by atoms with van der Waals surface area (Å²) >= 11 is 1.62. The first-order valence-corrected chi connectivity index (χ1v) is 4.04. The third-order valence-corrected chi connectivity index (χ3v) is 2.72. The number of carbonyl (C=O) groups is 1. The molecular formula is C8H6O2S. The Morgan fingerprint density at radius 3 is 2.55 bits per heavy atom. The Morgan fingerprint density at radius 2 is 2.09 bits per heavy atom. The normalized spacial score (nSPS) is 12.1. The lowest BCUT2D eigenvalue weighted by Crippen LogP contribution is -2.10. The molecule has 2 aliphatic rings. The molecule has 0 aliphatic carbocycles. The summed E-state index contributed by atoms with van der Waals surface area (Å²) in [4.78, 5) is 13.1. The number of ether oxygens (including phenoxy) is 1. The Bertz CT molecular complexity index is 300. The van der Waals surface area contributed by atoms with E-state index in [4.69, 9.17) is 0 Å². The van der Waals surface area contributed by atoms with Gasteiger partial charge in [-0.2, -0.15) is 0 Å². The van der Waals surface area contributed by atoms with Crippen LogP contribution in [-0.2, 0) is 4.74 Å². The highest BCUT2D eigenvalue weighted by molar-refractivity contribution is 8.00. The fraction of sp³-hybridized carbons (Fsp3) is 0.125. The molecule has 0 spiro atoms. The lowest BCUT2D eigenvalue weighted by Gasteiger charge is -2.19. The van der Waals surface area contributed by atoms with E-state index in [1.165, 1.54) is 7.11 Å². The van der Waals surface area contributed by atoms with E-state index in [0.29, 0.717) is 0 Å². The highest BCUT2D eigenvalue weighted by Gasteiger charge is 2.25. The van der Waals surface area contributed by atoms with E-state index in [-0.39, 0.29) is 5.97 Å². The van der Waals surface area contributed by atoms with Crippen LogP contribution in [0.2, 0.25) is 0 Å². The fourth-order valence-electron chi connectivity index (χ4n) is 1.06. The molecule has 3 heteroatoms. The second-order valence-corrected chi connectivity index (χ2v) is 3.31. The van der Waals surface area contributed by atoms with Crippen LogP contribution < -0.4 is 0 Å². The van der Waals surface area contributed by atoms with Gasteiger partial charge in [-0.3, -0.25) is 0 Å². The number of esters is 1. The molecule has 0 aromatic heterocycles. The van der Waals surface area contributed by atoms with Crippen molar-refractivity contribution in [3.05, 3.63) is 23.8 Å². The van der Waals surface area contributed by atoms with E-state index in [0.717, 1.165) is 15.4 Å². The molecule has 0 amide bonds. The third kappa shape index (κ3) is 0.844. The number of benzene rings is 1. The van der Waals surface area contributed by atoms with Crippen molar-refractivity contribution in [2.24, 2.45) is 0 Å². The zero-order valence-electron chi connectivity index (χ0n) is 5.96. The van der Waals surface area contributed by atoms with Crippen LogP contribution in [0.4, 0.5) is 0 Å². The Hall–Kier alpha value is -0.960. The Labute approximate surface area is 68.6 Å². The minimum atomic E-state index is -0.227. The molecule has 0 atom stereocenters. The van der Waals surface area contributed by atoms with Crippen LogP contribution in [0, 0.1) is 0 Å². The maximum atomic E-state index is 11.0. The molecule has 2 nitrogen and oxygen atoms in total. The topological polar surface area (TPSA) is 26.3 Å². The average molecular weight is 166 g/mol. The number of methoxy groups -OCH3 is 1. The molecule has 1 aromatic rings. The summed E-state index contributed by atoms with van der Waals surface area (Å²) in [6.07, 6.45) is 0. The van der Waals surface area contributed by atoms with Crippen molar-refractivity contribution in [3.63, 3.8) is 0 Å². The van der Waals surface area contributed by atoms with Crippen molar-refractivity contribution in [1.82, 2.24) is 0 Å². The zero-order chi connectivity index (χ0) is 7.84. The first-order valence-electron chi connectivity index (χ1n) is 3.22. The number of rotatable bonds is 1. The average Bonchev–Trinajstić information content (AvgIpc) is 2.05. The van der Waals surface area contributed by atoms with Crippen LogP contribution in [-0.4, -0.2) is 13.1 Å². The largest absolute Gasteiger partial charge is 0.465 e. The lowest BCUT2D eigenvalue weighted by molar-refractivity contribution is 0.0590. The summed E-state index contributed by atoms with van der Waals surface area (Å²) in [6.45, 7) is 0. The van der Waals surface area contributed by atoms with Gasteiger partial charge in [0.25, 0.3) is 0 Å². The van der Waals surface area contributed by atoms with Gasteiger partial charge in [0, 0.05) is 9.79 Å². The van der Waals surface area contributed by atoms with Crippen LogP contribution in [0.1, 0.15) is 10.4 Å². The van der Waals surface area contributed by atoms with Gasteiger partial charge < -0.3 is 4.74 Å². The van der Waals surface area contributed by atoms with Crippen LogP contribution in [0.5, 0.6) is 0 Å². The summed E-state index contributed by atoms with van der Waals surface area (Å²) in [5, 5.41) is 0. The van der Waals surface area contributed by atoms with Crippen molar-refractivity contribution >= 4 is 17.7 Å². The molecule has 2 heterocycles. The van der Waals surface area contributed by atoms with Gasteiger partial charge in [-0.25, -0.2) is 4.79 Å². The monoisotopic (exact) mass is 166 g/mol. The first-order chi connectivity index (χ1) is 5.33. The van der Waals surface area contributed by atoms with Crippen molar-refractivity contribution < 1.29 is 9.53 Å². The first kappa shape index (κ1) is 6.73. The number of carbonyl (C=O) groups excluding carboxylic acids is 1. The summed E-state index contributed by atoms with van der Waals surface area (Å²) in [7, 11) is 1.40. The molecule has 0 N–H and O–H groups in total. The van der Waals surface area contributed by atoms with Gasteiger partial charge in [0.05, 0.1) is 12.7 Å². The van der Waals surface area contributed by atoms with Crippen LogP contribution in [0.25, 0.3) is 0 Å². The van der Waals surface area contributed by atoms with Crippen LogP contribution in [0.15, 0.2) is 28.0 Å². The van der Waals surface area contributed by atoms with E-state index >= 15 is 0 Å². The second-order valence-electron chi connectivity index (χ2n) is 2.22. The highest BCUT2D eigenvalue weighted by atomic mass is 32.2. The van der Waals surface area contributed by atoms with E-state index in [2.05, 4.69) is 4.74 Å². The summed E-state index contributed by atoms with van der Waals surface area (Å²) < 4.78 is 4.61. The molecule has 0 radical (unpaired) electrons. The molecule has 1 aromatic carbocycles. The van der Waals surface area contributed by atoms with Crippen LogP contribution >= 0.6 is 11.8 Å². The minimum absolute atomic E-state index is 0.227. The van der Waals surface area contributed by atoms with E-state index in [9.17, 15) is 4.79 Å². The minimum Gasteiger partial charge on any atom is -0.465 e. The smallest absolute Gasteiger partial charge is 0.340 e. The van der Waals surface area contributed by atoms with Gasteiger partial charge in [-0.1, -0.05) is 17.8 Å². The van der Waals surface area contributed by atoms with Gasteiger partial charge in [-0.05, 0) is 12.1 Å². The van der Waals surface area contributed by atoms with E-state index < -0.39 is 0 Å². The number of hydrogen-bond acceptors (Lipinski definition) is 3. The second kappa shape index (κ2) is 2.27. The lowest BCUT2D eigenvalue weighted by atomic mass is 10.2. The zero-order valence-corrected chi connectivity index (χ0v) is 6.77. The fourth-order valence-corrected chi connectivity index (χ4v) is 2.02. The Balaban J connectivity index is 2.44. The maximum absolute atomic E-state index is 11.0. The summed E-state index contributed by atoms with van der Waals surface area (Å²) in [5.74, 6) is -0.227. The SMILES string of the molecule is COC(=O)c1c2cccc1S2. The molecule has 56 valence electrons. The number of fused-ring (bicyclic) bond motifs is 2. The van der Waals surface area contributed by atoms with Crippen molar-refractivity contribution in [2.45, 2.75) is 9.79 Å². The summed E-state index contributed by atoms with van der Waals surface area (Å²) in [5.41, 5.74) is 0.736. The summed E-state index contributed by atoms with van der Waals surface area (Å²) in [6, 6.07) is 5.78.